The van der Waals surface area contributed by atoms with E-state index < -0.39 is 80.4 Å². The maximum Gasteiger partial charge on any atom is 0.410 e. The van der Waals surface area contributed by atoms with E-state index in [1.165, 1.54) is 46.2 Å². The second-order valence-corrected chi connectivity index (χ2v) is 16.3. The average Bonchev–Trinajstić information content (AvgIpc) is 4.02. The van der Waals surface area contributed by atoms with Crippen LogP contribution in [-0.2, 0) is 42.2 Å². The number of amides is 4. The summed E-state index contributed by atoms with van der Waals surface area (Å²) in [7, 11) is -3.92. The van der Waals surface area contributed by atoms with Gasteiger partial charge in [0.15, 0.2) is 0 Å². The van der Waals surface area contributed by atoms with Crippen molar-refractivity contribution in [3.63, 3.8) is 0 Å². The van der Waals surface area contributed by atoms with Gasteiger partial charge in [0.25, 0.3) is 5.91 Å². The van der Waals surface area contributed by atoms with E-state index in [4.69, 9.17) is 4.74 Å². The molecule has 284 valence electrons. The molecule has 3 fully saturated rings. The lowest BCUT2D eigenvalue weighted by atomic mass is 10.0. The summed E-state index contributed by atoms with van der Waals surface area (Å²) in [6.45, 7) is 7.47. The van der Waals surface area contributed by atoms with E-state index in [9.17, 15) is 36.4 Å². The molecular formula is C38H45F2N5O7S. The van der Waals surface area contributed by atoms with E-state index in [-0.39, 0.29) is 32.5 Å². The maximum absolute atomic E-state index is 14.5. The molecule has 2 heterocycles. The molecule has 12 nitrogen and oxygen atoms in total. The van der Waals surface area contributed by atoms with Crippen molar-refractivity contribution in [1.29, 1.82) is 0 Å². The van der Waals surface area contributed by atoms with Gasteiger partial charge in [0.2, 0.25) is 21.8 Å². The van der Waals surface area contributed by atoms with E-state index in [2.05, 4.69) is 28.5 Å². The Bertz CT molecular complexity index is 1870. The monoisotopic (exact) mass is 753 g/mol. The summed E-state index contributed by atoms with van der Waals surface area (Å²) in [4.78, 5) is 58.1. The van der Waals surface area contributed by atoms with Crippen molar-refractivity contribution in [3.05, 3.63) is 90.5 Å². The highest BCUT2D eigenvalue weighted by molar-refractivity contribution is 7.91. The van der Waals surface area contributed by atoms with Gasteiger partial charge in [-0.3, -0.25) is 24.0 Å². The Kier molecular flexibility index (Phi) is 11.2. The number of benzene rings is 2. The van der Waals surface area contributed by atoms with Crippen molar-refractivity contribution in [2.24, 2.45) is 5.92 Å². The molecule has 3 N–H and O–H groups in total. The SMILES string of the molecule is C=CCCCCC[C@H](Nc1ccc(F)cc1)C(=O)N1CC(OC(=O)N2Cc3cccc(F)c3C2)C[C@H]1C(=O)N[C@]1(C(=O)NS(=O)(=O)C2CC2)C[C@H]1C=C. The van der Waals surface area contributed by atoms with Gasteiger partial charge in [-0.15, -0.1) is 13.2 Å². The number of nitrogens with zero attached hydrogens (tertiary/aromatic N) is 2. The molecule has 2 aliphatic heterocycles. The largest absolute Gasteiger partial charge is 0.444 e. The lowest BCUT2D eigenvalue weighted by molar-refractivity contribution is -0.140. The normalized spacial score (nSPS) is 23.8. The fourth-order valence-corrected chi connectivity index (χ4v) is 8.50. The molecule has 4 aliphatic rings. The van der Waals surface area contributed by atoms with E-state index in [0.717, 1.165) is 19.3 Å². The Morgan fingerprint density at radius 3 is 2.43 bits per heavy atom. The first-order valence-corrected chi connectivity index (χ1v) is 19.6. The minimum absolute atomic E-state index is 0.0000243. The number of allylic oxidation sites excluding steroid dienone is 1. The fraction of sp³-hybridized carbons (Fsp3) is 0.474. The molecule has 5 atom stereocenters. The van der Waals surface area contributed by atoms with Crippen LogP contribution in [0, 0.1) is 17.6 Å². The molecule has 0 spiro atoms. The number of sulfonamides is 1. The van der Waals surface area contributed by atoms with Crippen molar-refractivity contribution in [3.8, 4) is 0 Å². The first-order chi connectivity index (χ1) is 25.3. The Morgan fingerprint density at radius 1 is 1.02 bits per heavy atom. The van der Waals surface area contributed by atoms with Crippen LogP contribution >= 0.6 is 0 Å². The zero-order valence-electron chi connectivity index (χ0n) is 29.4. The van der Waals surface area contributed by atoms with Gasteiger partial charge in [0.05, 0.1) is 18.3 Å². The van der Waals surface area contributed by atoms with Crippen LogP contribution in [0.25, 0.3) is 0 Å². The highest BCUT2D eigenvalue weighted by atomic mass is 32.2. The number of carbonyl (C=O) groups excluding carboxylic acids is 4. The molecule has 4 amide bonds. The molecule has 15 heteroatoms. The number of fused-ring (bicyclic) bond motifs is 1. The van der Waals surface area contributed by atoms with Crippen LogP contribution in [-0.4, -0.2) is 77.6 Å². The van der Waals surface area contributed by atoms with Gasteiger partial charge in [-0.05, 0) is 74.4 Å². The number of hydrogen-bond donors (Lipinski definition) is 3. The third-order valence-electron chi connectivity index (χ3n) is 10.4. The second-order valence-electron chi connectivity index (χ2n) is 14.3. The Balaban J connectivity index is 1.23. The highest BCUT2D eigenvalue weighted by Gasteiger charge is 2.62. The molecule has 0 aromatic heterocycles. The second kappa shape index (κ2) is 15.7. The molecule has 2 saturated carbocycles. The summed E-state index contributed by atoms with van der Waals surface area (Å²) in [5, 5.41) is 5.26. The zero-order chi connectivity index (χ0) is 37.9. The third kappa shape index (κ3) is 8.55. The standard InChI is InChI=1S/C38H45F2N5O7S/c1-3-5-6-7-8-12-32(41-27-15-13-26(39)14-16-27)35(47)45-22-28(52-37(49)44-21-24-10-9-11-31(40)30(24)23-44)19-33(45)34(46)42-38(20-25(38)4-2)36(48)43-53(50,51)29-17-18-29/h3-4,9-11,13-16,25,28-29,32-33,41H,1-2,5-8,12,17-23H2,(H,42,46)(H,43,48)/t25-,28?,32+,33+,38-/m1/s1. The van der Waals surface area contributed by atoms with Crippen molar-refractivity contribution in [2.45, 2.75) is 99.9 Å². The van der Waals surface area contributed by atoms with Gasteiger partial charge in [-0.25, -0.2) is 22.0 Å². The zero-order valence-corrected chi connectivity index (χ0v) is 30.2. The molecule has 6 rings (SSSR count). The van der Waals surface area contributed by atoms with Crippen LogP contribution in [0.2, 0.25) is 0 Å². The summed E-state index contributed by atoms with van der Waals surface area (Å²) >= 11 is 0. The molecule has 0 radical (unpaired) electrons. The molecule has 1 unspecified atom stereocenters. The van der Waals surface area contributed by atoms with Crippen molar-refractivity contribution in [1.82, 2.24) is 19.8 Å². The summed E-state index contributed by atoms with van der Waals surface area (Å²) in [6, 6.07) is 8.08. The average molecular weight is 754 g/mol. The number of unbranched alkanes of at least 4 members (excludes halogenated alkanes) is 3. The van der Waals surface area contributed by atoms with Gasteiger partial charge in [-0.1, -0.05) is 37.1 Å². The number of nitrogens with one attached hydrogen (secondary N) is 3. The van der Waals surface area contributed by atoms with E-state index in [0.29, 0.717) is 42.5 Å². The van der Waals surface area contributed by atoms with Crippen LogP contribution in [0.15, 0.2) is 67.8 Å². The minimum atomic E-state index is -3.92. The first-order valence-electron chi connectivity index (χ1n) is 18.0. The number of likely N-dealkylation sites (tertiary alicyclic amines) is 1. The predicted octanol–water partition coefficient (Wildman–Crippen LogP) is 4.67. The molecule has 2 aromatic rings. The summed E-state index contributed by atoms with van der Waals surface area (Å²) in [6.07, 6.45) is 5.96. The minimum Gasteiger partial charge on any atom is -0.444 e. The smallest absolute Gasteiger partial charge is 0.410 e. The maximum atomic E-state index is 14.5. The van der Waals surface area contributed by atoms with Gasteiger partial charge >= 0.3 is 6.09 Å². The van der Waals surface area contributed by atoms with Crippen molar-refractivity contribution in [2.75, 3.05) is 11.9 Å². The molecule has 2 aliphatic carbocycles. The number of halogens is 2. The van der Waals surface area contributed by atoms with Crippen LogP contribution in [0.5, 0.6) is 0 Å². The number of anilines is 1. The van der Waals surface area contributed by atoms with Crippen LogP contribution in [0.3, 0.4) is 0 Å². The molecule has 1 saturated heterocycles. The molecule has 2 aromatic carbocycles. The number of carbonyl (C=O) groups is 4. The van der Waals surface area contributed by atoms with Crippen molar-refractivity contribution >= 4 is 39.5 Å². The fourth-order valence-electron chi connectivity index (χ4n) is 7.14. The van der Waals surface area contributed by atoms with E-state index in [1.54, 1.807) is 12.1 Å². The van der Waals surface area contributed by atoms with Gasteiger partial charge < -0.3 is 20.3 Å². The van der Waals surface area contributed by atoms with Crippen LogP contribution in [0.4, 0.5) is 19.3 Å². The Hall–Kier alpha value is -4.79. The van der Waals surface area contributed by atoms with Gasteiger partial charge in [0.1, 0.15) is 35.4 Å². The number of ether oxygens (including phenoxy) is 1. The van der Waals surface area contributed by atoms with Crippen molar-refractivity contribution < 1.29 is 41.1 Å². The summed E-state index contributed by atoms with van der Waals surface area (Å²) in [5.41, 5.74) is -0.0638. The van der Waals surface area contributed by atoms with E-state index in [1.807, 2.05) is 6.08 Å². The third-order valence-corrected chi connectivity index (χ3v) is 12.3. The predicted molar refractivity (Wildman–Crippen MR) is 192 cm³/mol. The van der Waals surface area contributed by atoms with Crippen LogP contribution in [0.1, 0.15) is 68.9 Å². The lowest BCUT2D eigenvalue weighted by Gasteiger charge is -2.30. The van der Waals surface area contributed by atoms with Gasteiger partial charge in [0, 0.05) is 30.1 Å². The number of rotatable bonds is 16. The topological polar surface area (TPSA) is 154 Å². The summed E-state index contributed by atoms with van der Waals surface area (Å²) in [5.74, 6) is -3.51. The lowest BCUT2D eigenvalue weighted by Crippen LogP contribution is -2.57. The molecule has 0 bridgehead atoms. The molecule has 53 heavy (non-hydrogen) atoms. The van der Waals surface area contributed by atoms with Crippen LogP contribution < -0.4 is 15.4 Å². The van der Waals surface area contributed by atoms with Gasteiger partial charge in [-0.2, -0.15) is 0 Å². The molecular weight excluding hydrogens is 709 g/mol. The quantitative estimate of drug-likeness (QED) is 0.165. The Morgan fingerprint density at radius 2 is 1.77 bits per heavy atom. The Labute approximate surface area is 308 Å². The van der Waals surface area contributed by atoms with E-state index >= 15 is 0 Å². The summed E-state index contributed by atoms with van der Waals surface area (Å²) < 4.78 is 61.5. The first kappa shape index (κ1) is 38.0. The number of hydrogen-bond acceptors (Lipinski definition) is 8. The highest BCUT2D eigenvalue weighted by Crippen LogP contribution is 2.45.